The average molecular weight is 568 g/mol. The predicted molar refractivity (Wildman–Crippen MR) is 133 cm³/mol. The lowest BCUT2D eigenvalue weighted by atomic mass is 10.2. The summed E-state index contributed by atoms with van der Waals surface area (Å²) in [5.41, 5.74) is 0.612. The second kappa shape index (κ2) is 10.5. The summed E-state index contributed by atoms with van der Waals surface area (Å²) in [6.45, 7) is 2.11. The lowest BCUT2D eigenvalue weighted by Gasteiger charge is -2.13. The highest BCUT2D eigenvalue weighted by molar-refractivity contribution is 9.10. The van der Waals surface area contributed by atoms with Crippen molar-refractivity contribution < 1.29 is 26.4 Å². The number of rotatable bonds is 9. The number of amides is 1. The monoisotopic (exact) mass is 567 g/mol. The van der Waals surface area contributed by atoms with E-state index in [1.165, 1.54) is 49.6 Å². The Hall–Kier alpha value is -3.09. The molecule has 0 aliphatic heterocycles. The predicted octanol–water partition coefficient (Wildman–Crippen LogP) is 3.81. The van der Waals surface area contributed by atoms with E-state index in [4.69, 9.17) is 4.74 Å². The third kappa shape index (κ3) is 6.07. The first-order chi connectivity index (χ1) is 16.1. The van der Waals surface area contributed by atoms with Gasteiger partial charge in [0.05, 0.1) is 22.5 Å². The van der Waals surface area contributed by atoms with E-state index in [2.05, 4.69) is 30.7 Å². The summed E-state index contributed by atoms with van der Waals surface area (Å²) in [4.78, 5) is 12.1. The van der Waals surface area contributed by atoms with Crippen molar-refractivity contribution in [3.05, 3.63) is 76.8 Å². The van der Waals surface area contributed by atoms with Gasteiger partial charge in [-0.05, 0) is 73.7 Å². The average Bonchev–Trinajstić information content (AvgIpc) is 2.80. The summed E-state index contributed by atoms with van der Waals surface area (Å²) in [6.07, 6.45) is 0. The van der Waals surface area contributed by atoms with E-state index in [0.29, 0.717) is 12.2 Å². The normalized spacial score (nSPS) is 11.5. The van der Waals surface area contributed by atoms with Gasteiger partial charge in [-0.25, -0.2) is 16.8 Å². The van der Waals surface area contributed by atoms with Gasteiger partial charge < -0.3 is 10.1 Å². The van der Waals surface area contributed by atoms with Gasteiger partial charge in [-0.15, -0.1) is 0 Å². The molecule has 0 aliphatic rings. The van der Waals surface area contributed by atoms with Crippen LogP contribution in [0, 0.1) is 0 Å². The minimum atomic E-state index is -4.07. The number of anilines is 2. The van der Waals surface area contributed by atoms with Gasteiger partial charge in [0.25, 0.3) is 26.0 Å². The molecule has 0 atom stereocenters. The summed E-state index contributed by atoms with van der Waals surface area (Å²) in [5.74, 6) is -0.234. The number of halogens is 1. The van der Waals surface area contributed by atoms with E-state index in [9.17, 15) is 21.6 Å². The van der Waals surface area contributed by atoms with Gasteiger partial charge in [0.2, 0.25) is 0 Å². The van der Waals surface area contributed by atoms with Gasteiger partial charge in [0.15, 0.2) is 0 Å². The van der Waals surface area contributed by atoms with Crippen LogP contribution in [0.5, 0.6) is 5.75 Å². The summed E-state index contributed by atoms with van der Waals surface area (Å²) >= 11 is 3.28. The van der Waals surface area contributed by atoms with Crippen LogP contribution in [0.2, 0.25) is 0 Å². The Balaban J connectivity index is 1.81. The Morgan fingerprint density at radius 1 is 0.824 bits per heavy atom. The van der Waals surface area contributed by atoms with Gasteiger partial charge in [-0.1, -0.05) is 15.9 Å². The molecule has 180 valence electrons. The standard InChI is InChI=1S/C22H22BrN3O6S2/c1-3-24-22(27)20-14-19(12-13-21(20)32-2)34(30,31)26-17-8-10-18(11-9-17)33(28,29)25-16-6-4-15(23)5-7-16/h4-14,25-26H,3H2,1-2H3,(H,24,27). The van der Waals surface area contributed by atoms with Crippen molar-refractivity contribution in [1.82, 2.24) is 5.32 Å². The van der Waals surface area contributed by atoms with Crippen LogP contribution >= 0.6 is 15.9 Å². The molecule has 0 saturated heterocycles. The van der Waals surface area contributed by atoms with Crippen molar-refractivity contribution in [2.75, 3.05) is 23.1 Å². The smallest absolute Gasteiger partial charge is 0.261 e. The number of ether oxygens (including phenoxy) is 1. The van der Waals surface area contributed by atoms with E-state index in [1.807, 2.05) is 0 Å². The van der Waals surface area contributed by atoms with Crippen LogP contribution in [-0.4, -0.2) is 36.4 Å². The zero-order chi connectivity index (χ0) is 24.9. The fraction of sp³-hybridized carbons (Fsp3) is 0.136. The number of hydrogen-bond acceptors (Lipinski definition) is 6. The quantitative estimate of drug-likeness (QED) is 0.360. The number of methoxy groups -OCH3 is 1. The summed E-state index contributed by atoms with van der Waals surface area (Å²) in [5, 5.41) is 2.61. The fourth-order valence-electron chi connectivity index (χ4n) is 2.94. The largest absolute Gasteiger partial charge is 0.496 e. The molecule has 0 bridgehead atoms. The van der Waals surface area contributed by atoms with Crippen molar-refractivity contribution in [2.45, 2.75) is 16.7 Å². The molecule has 3 N–H and O–H groups in total. The lowest BCUT2D eigenvalue weighted by Crippen LogP contribution is -2.24. The van der Waals surface area contributed by atoms with Crippen molar-refractivity contribution >= 4 is 53.3 Å². The molecule has 12 heteroatoms. The zero-order valence-electron chi connectivity index (χ0n) is 18.2. The number of sulfonamides is 2. The second-order valence-corrected chi connectivity index (χ2v) is 11.2. The van der Waals surface area contributed by atoms with Crippen LogP contribution in [0.3, 0.4) is 0 Å². The van der Waals surface area contributed by atoms with Gasteiger partial charge in [0.1, 0.15) is 5.75 Å². The third-order valence-corrected chi connectivity index (χ3v) is 7.88. The highest BCUT2D eigenvalue weighted by Crippen LogP contribution is 2.25. The van der Waals surface area contributed by atoms with Gasteiger partial charge in [-0.3, -0.25) is 14.2 Å². The third-order valence-electron chi connectivity index (χ3n) is 4.58. The van der Waals surface area contributed by atoms with Crippen molar-refractivity contribution in [3.63, 3.8) is 0 Å². The highest BCUT2D eigenvalue weighted by atomic mass is 79.9. The molecule has 0 aliphatic carbocycles. The van der Waals surface area contributed by atoms with E-state index in [0.717, 1.165) is 4.47 Å². The van der Waals surface area contributed by atoms with Crippen LogP contribution in [0.4, 0.5) is 11.4 Å². The molecule has 0 aromatic heterocycles. The summed E-state index contributed by atoms with van der Waals surface area (Å²) < 4.78 is 61.7. The first-order valence-electron chi connectivity index (χ1n) is 9.93. The summed E-state index contributed by atoms with van der Waals surface area (Å²) in [7, 11) is -6.55. The maximum absolute atomic E-state index is 12.9. The molecule has 0 fully saturated rings. The highest BCUT2D eigenvalue weighted by Gasteiger charge is 2.20. The number of benzene rings is 3. The van der Waals surface area contributed by atoms with Crippen molar-refractivity contribution in [1.29, 1.82) is 0 Å². The van der Waals surface area contributed by atoms with E-state index < -0.39 is 26.0 Å². The molecule has 0 radical (unpaired) electrons. The molecule has 34 heavy (non-hydrogen) atoms. The first kappa shape index (κ1) is 25.5. The van der Waals surface area contributed by atoms with Crippen LogP contribution < -0.4 is 19.5 Å². The minimum absolute atomic E-state index is 0.0404. The molecule has 0 unspecified atom stereocenters. The molecular formula is C22H22BrN3O6S2. The Morgan fingerprint density at radius 3 is 1.85 bits per heavy atom. The molecule has 9 nitrogen and oxygen atoms in total. The SMILES string of the molecule is CCNC(=O)c1cc(S(=O)(=O)Nc2ccc(S(=O)(=O)Nc3ccc(Br)cc3)cc2)ccc1OC. The van der Waals surface area contributed by atoms with Crippen LogP contribution in [0.15, 0.2) is 81.0 Å². The molecular weight excluding hydrogens is 546 g/mol. The van der Waals surface area contributed by atoms with Crippen LogP contribution in [-0.2, 0) is 20.0 Å². The fourth-order valence-corrected chi connectivity index (χ4v) is 5.34. The topological polar surface area (TPSA) is 131 Å². The molecule has 0 heterocycles. The summed E-state index contributed by atoms with van der Waals surface area (Å²) in [6, 6.07) is 15.8. The maximum atomic E-state index is 12.9. The van der Waals surface area contributed by atoms with Crippen molar-refractivity contribution in [2.24, 2.45) is 0 Å². The minimum Gasteiger partial charge on any atom is -0.496 e. The first-order valence-corrected chi connectivity index (χ1v) is 13.7. The Kier molecular flexibility index (Phi) is 7.85. The Morgan fingerprint density at radius 2 is 1.32 bits per heavy atom. The van der Waals surface area contributed by atoms with Crippen molar-refractivity contribution in [3.8, 4) is 5.75 Å². The van der Waals surface area contributed by atoms with Gasteiger partial charge >= 0.3 is 0 Å². The molecule has 1 amide bonds. The van der Waals surface area contributed by atoms with Gasteiger partial charge in [0, 0.05) is 22.4 Å². The Bertz CT molecular complexity index is 1390. The molecule has 3 aromatic rings. The number of carbonyl (C=O) groups excluding carboxylic acids is 1. The van der Waals surface area contributed by atoms with Gasteiger partial charge in [-0.2, -0.15) is 0 Å². The van der Waals surface area contributed by atoms with Crippen LogP contribution in [0.1, 0.15) is 17.3 Å². The molecule has 0 saturated carbocycles. The second-order valence-electron chi connectivity index (χ2n) is 6.96. The van der Waals surface area contributed by atoms with E-state index in [-0.39, 0.29) is 26.8 Å². The maximum Gasteiger partial charge on any atom is 0.261 e. The molecule has 3 rings (SSSR count). The molecule has 3 aromatic carbocycles. The van der Waals surface area contributed by atoms with E-state index in [1.54, 1.807) is 31.2 Å². The zero-order valence-corrected chi connectivity index (χ0v) is 21.4. The van der Waals surface area contributed by atoms with Crippen LogP contribution in [0.25, 0.3) is 0 Å². The van der Waals surface area contributed by atoms with E-state index >= 15 is 0 Å². The number of hydrogen-bond donors (Lipinski definition) is 3. The number of nitrogens with one attached hydrogen (secondary N) is 3. The Labute approximate surface area is 206 Å². The number of carbonyl (C=O) groups is 1. The molecule has 0 spiro atoms. The lowest BCUT2D eigenvalue weighted by molar-refractivity contribution is 0.0952.